The third kappa shape index (κ3) is 3.27. The molecule has 0 aromatic rings. The van der Waals surface area contributed by atoms with E-state index < -0.39 is 5.97 Å². The molecular formula is C26H42O4. The molecule has 0 aromatic carbocycles. The van der Waals surface area contributed by atoms with E-state index in [9.17, 15) is 14.7 Å². The molecule has 4 aliphatic rings. The predicted molar refractivity (Wildman–Crippen MR) is 117 cm³/mol. The summed E-state index contributed by atoms with van der Waals surface area (Å²) >= 11 is 0. The van der Waals surface area contributed by atoms with Crippen molar-refractivity contribution in [3.05, 3.63) is 0 Å². The van der Waals surface area contributed by atoms with Gasteiger partial charge in [0, 0.05) is 18.3 Å². The lowest BCUT2D eigenvalue weighted by atomic mass is 9.42. The largest absolute Gasteiger partial charge is 0.481 e. The van der Waals surface area contributed by atoms with Gasteiger partial charge in [0.15, 0.2) is 0 Å². The molecule has 0 spiro atoms. The highest BCUT2D eigenvalue weighted by Gasteiger charge is 2.65. The highest BCUT2D eigenvalue weighted by Crippen LogP contribution is 2.68. The maximum atomic E-state index is 13.9. The van der Waals surface area contributed by atoms with Gasteiger partial charge in [-0.05, 0) is 98.2 Å². The first-order valence-corrected chi connectivity index (χ1v) is 12.6. The monoisotopic (exact) mass is 418 g/mol. The second kappa shape index (κ2) is 7.90. The van der Waals surface area contributed by atoms with Gasteiger partial charge < -0.3 is 10.2 Å². The molecule has 4 unspecified atom stereocenters. The Balaban J connectivity index is 1.62. The summed E-state index contributed by atoms with van der Waals surface area (Å²) in [6, 6.07) is 0. The first kappa shape index (κ1) is 22.3. The zero-order valence-corrected chi connectivity index (χ0v) is 19.4. The quantitative estimate of drug-likeness (QED) is 0.633. The zero-order valence-electron chi connectivity index (χ0n) is 19.4. The molecule has 4 rings (SSSR count). The molecule has 0 bridgehead atoms. The average molecular weight is 419 g/mol. The van der Waals surface area contributed by atoms with Gasteiger partial charge in [0.1, 0.15) is 5.78 Å². The first-order chi connectivity index (χ1) is 14.1. The lowest BCUT2D eigenvalue weighted by molar-refractivity contribution is -0.173. The van der Waals surface area contributed by atoms with Crippen LogP contribution in [0.3, 0.4) is 0 Å². The maximum Gasteiger partial charge on any atom is 0.303 e. The van der Waals surface area contributed by atoms with Gasteiger partial charge >= 0.3 is 5.97 Å². The van der Waals surface area contributed by atoms with Gasteiger partial charge in [0.25, 0.3) is 0 Å². The van der Waals surface area contributed by atoms with E-state index in [1.54, 1.807) is 0 Å². The van der Waals surface area contributed by atoms with Crippen molar-refractivity contribution in [3.8, 4) is 0 Å². The van der Waals surface area contributed by atoms with E-state index >= 15 is 0 Å². The van der Waals surface area contributed by atoms with Gasteiger partial charge in [0.2, 0.25) is 0 Å². The Morgan fingerprint density at radius 2 is 1.73 bits per heavy atom. The Bertz CT molecular complexity index is 689. The zero-order chi connectivity index (χ0) is 21.8. The van der Waals surface area contributed by atoms with Crippen molar-refractivity contribution in [2.45, 2.75) is 98.0 Å². The van der Waals surface area contributed by atoms with E-state index in [1.807, 2.05) is 0 Å². The molecule has 0 radical (unpaired) electrons. The smallest absolute Gasteiger partial charge is 0.303 e. The number of carboxylic acid groups (broad SMARTS) is 1. The molecule has 0 aliphatic heterocycles. The molecule has 4 heteroatoms. The lowest BCUT2D eigenvalue weighted by Gasteiger charge is -2.62. The predicted octanol–water partition coefficient (Wildman–Crippen LogP) is 5.32. The van der Waals surface area contributed by atoms with E-state index in [2.05, 4.69) is 27.7 Å². The summed E-state index contributed by atoms with van der Waals surface area (Å²) in [6.07, 6.45) is 9.01. The Morgan fingerprint density at radius 1 is 1.07 bits per heavy atom. The first-order valence-electron chi connectivity index (χ1n) is 12.6. The van der Waals surface area contributed by atoms with Gasteiger partial charge in [-0.1, -0.05) is 27.7 Å². The summed E-state index contributed by atoms with van der Waals surface area (Å²) in [6.45, 7) is 9.28. The van der Waals surface area contributed by atoms with Crippen molar-refractivity contribution in [1.29, 1.82) is 0 Å². The maximum absolute atomic E-state index is 13.9. The number of fused-ring (bicyclic) bond motifs is 5. The summed E-state index contributed by atoms with van der Waals surface area (Å²) in [5.41, 5.74) is 0.358. The van der Waals surface area contributed by atoms with Crippen LogP contribution in [0.2, 0.25) is 0 Å². The van der Waals surface area contributed by atoms with Crippen LogP contribution < -0.4 is 0 Å². The molecule has 0 saturated heterocycles. The van der Waals surface area contributed by atoms with Crippen LogP contribution in [0.4, 0.5) is 0 Å². The highest BCUT2D eigenvalue weighted by molar-refractivity contribution is 5.86. The summed E-state index contributed by atoms with van der Waals surface area (Å²) in [5, 5.41) is 19.5. The molecular weight excluding hydrogens is 376 g/mol. The normalized spacial score (nSPS) is 49.1. The highest BCUT2D eigenvalue weighted by atomic mass is 16.4. The van der Waals surface area contributed by atoms with Crippen molar-refractivity contribution in [2.75, 3.05) is 0 Å². The number of aliphatic hydroxyl groups excluding tert-OH is 1. The summed E-state index contributed by atoms with van der Waals surface area (Å²) in [7, 11) is 0. The molecule has 4 aliphatic carbocycles. The van der Waals surface area contributed by atoms with Gasteiger partial charge in [-0.3, -0.25) is 9.59 Å². The second-order valence-corrected chi connectivity index (χ2v) is 11.8. The van der Waals surface area contributed by atoms with E-state index in [1.165, 1.54) is 6.42 Å². The van der Waals surface area contributed by atoms with Crippen LogP contribution in [-0.4, -0.2) is 28.1 Å². The van der Waals surface area contributed by atoms with Crippen LogP contribution in [0.15, 0.2) is 0 Å². The van der Waals surface area contributed by atoms with E-state index in [0.29, 0.717) is 35.4 Å². The van der Waals surface area contributed by atoms with Crippen molar-refractivity contribution in [3.63, 3.8) is 0 Å². The van der Waals surface area contributed by atoms with Gasteiger partial charge in [-0.2, -0.15) is 0 Å². The minimum atomic E-state index is -0.697. The summed E-state index contributed by atoms with van der Waals surface area (Å²) < 4.78 is 0. The lowest BCUT2D eigenvalue weighted by Crippen LogP contribution is -2.60. The van der Waals surface area contributed by atoms with Crippen LogP contribution >= 0.6 is 0 Å². The minimum Gasteiger partial charge on any atom is -0.481 e. The second-order valence-electron chi connectivity index (χ2n) is 11.8. The van der Waals surface area contributed by atoms with Crippen LogP contribution in [0, 0.1) is 52.3 Å². The third-order valence-corrected chi connectivity index (χ3v) is 10.7. The summed E-state index contributed by atoms with van der Waals surface area (Å²) in [4.78, 5) is 25.0. The fourth-order valence-corrected chi connectivity index (χ4v) is 9.16. The van der Waals surface area contributed by atoms with Crippen molar-refractivity contribution >= 4 is 11.8 Å². The molecule has 0 amide bonds. The molecule has 10 atom stereocenters. The van der Waals surface area contributed by atoms with Crippen LogP contribution in [0.5, 0.6) is 0 Å². The SMILES string of the molecule is CC[C@@H]1C(=O)C2C3CCC([C@H](C)CCC(=O)O)[C@@]3(C)CCC2[C@@]2(C)CC[C@@H](O)C[C@@H]12. The number of hydrogen-bond donors (Lipinski definition) is 2. The fraction of sp³-hybridized carbons (Fsp3) is 0.923. The van der Waals surface area contributed by atoms with E-state index in [4.69, 9.17) is 5.11 Å². The van der Waals surface area contributed by atoms with E-state index in [-0.39, 0.29) is 35.2 Å². The number of aliphatic hydroxyl groups is 1. The third-order valence-electron chi connectivity index (χ3n) is 10.7. The Labute approximate surface area is 182 Å². The van der Waals surface area contributed by atoms with Crippen molar-refractivity contribution < 1.29 is 19.8 Å². The van der Waals surface area contributed by atoms with Crippen molar-refractivity contribution in [2.24, 2.45) is 52.3 Å². The number of carboxylic acids is 1. The molecule has 0 aromatic heterocycles. The topological polar surface area (TPSA) is 74.6 Å². The fourth-order valence-electron chi connectivity index (χ4n) is 9.16. The number of ketones is 1. The summed E-state index contributed by atoms with van der Waals surface area (Å²) in [5.74, 6) is 2.31. The van der Waals surface area contributed by atoms with Crippen LogP contribution in [0.1, 0.15) is 91.9 Å². The molecule has 170 valence electrons. The van der Waals surface area contributed by atoms with E-state index in [0.717, 1.165) is 51.4 Å². The Hall–Kier alpha value is -0.900. The number of carbonyl (C=O) groups excluding carboxylic acids is 1. The van der Waals surface area contributed by atoms with Gasteiger partial charge in [-0.15, -0.1) is 0 Å². The molecule has 30 heavy (non-hydrogen) atoms. The number of aliphatic carboxylic acids is 1. The van der Waals surface area contributed by atoms with Gasteiger partial charge in [-0.25, -0.2) is 0 Å². The number of carbonyl (C=O) groups is 2. The molecule has 4 saturated carbocycles. The number of rotatable bonds is 5. The Kier molecular flexibility index (Phi) is 5.87. The average Bonchev–Trinajstić information content (AvgIpc) is 3.05. The van der Waals surface area contributed by atoms with Gasteiger partial charge in [0.05, 0.1) is 6.10 Å². The van der Waals surface area contributed by atoms with Crippen LogP contribution in [0.25, 0.3) is 0 Å². The minimum absolute atomic E-state index is 0.108. The molecule has 0 heterocycles. The Morgan fingerprint density at radius 3 is 2.40 bits per heavy atom. The molecule has 4 nitrogen and oxygen atoms in total. The standard InChI is InChI=1S/C26H42O4/c1-5-17-21-14-16(27)10-12-26(21,4)20-11-13-25(3)18(15(2)6-9-22(28)29)7-8-19(25)23(20)24(17)30/h15-21,23,27H,5-14H2,1-4H3,(H,28,29)/t15-,16-,17+,18?,19?,20?,21+,23?,25-,26-/m1/s1. The number of hydrogen-bond acceptors (Lipinski definition) is 3. The number of Topliss-reactive ketones (excluding diaryl/α,β-unsaturated/α-hetero) is 1. The molecule has 2 N–H and O–H groups in total. The molecule has 4 fully saturated rings. The van der Waals surface area contributed by atoms with Crippen LogP contribution in [-0.2, 0) is 9.59 Å². The van der Waals surface area contributed by atoms with Crippen molar-refractivity contribution in [1.82, 2.24) is 0 Å².